The van der Waals surface area contributed by atoms with E-state index in [2.05, 4.69) is 0 Å². The first-order chi connectivity index (χ1) is 7.77. The molecule has 1 aromatic carbocycles. The maximum atomic E-state index is 13.6. The Morgan fingerprint density at radius 3 is 2.41 bits per heavy atom. The van der Waals surface area contributed by atoms with Gasteiger partial charge in [-0.05, 0) is 19.1 Å². The van der Waals surface area contributed by atoms with Gasteiger partial charge in [0, 0.05) is 10.6 Å². The van der Waals surface area contributed by atoms with E-state index in [-0.39, 0.29) is 10.6 Å². The highest BCUT2D eigenvalue weighted by Crippen LogP contribution is 2.31. The van der Waals surface area contributed by atoms with Gasteiger partial charge in [-0.25, -0.2) is 4.39 Å². The van der Waals surface area contributed by atoms with E-state index in [1.54, 1.807) is 0 Å². The predicted molar refractivity (Wildman–Crippen MR) is 58.7 cm³/mol. The van der Waals surface area contributed by atoms with Crippen molar-refractivity contribution in [1.82, 2.24) is 0 Å². The molecule has 0 heterocycles. The largest absolute Gasteiger partial charge is 0.481 e. The average molecular weight is 261 g/mol. The van der Waals surface area contributed by atoms with Crippen LogP contribution in [0.5, 0.6) is 0 Å². The van der Waals surface area contributed by atoms with Crippen LogP contribution in [-0.4, -0.2) is 22.2 Å². The quantitative estimate of drug-likeness (QED) is 0.871. The summed E-state index contributed by atoms with van der Waals surface area (Å²) in [6, 6.07) is 3.47. The second-order valence-electron chi connectivity index (χ2n) is 3.83. The van der Waals surface area contributed by atoms with Crippen molar-refractivity contribution in [1.29, 1.82) is 0 Å². The number of carboxylic acids is 2. The van der Waals surface area contributed by atoms with Gasteiger partial charge in [0.2, 0.25) is 0 Å². The third kappa shape index (κ3) is 2.74. The molecule has 2 N–H and O–H groups in total. The molecule has 0 radical (unpaired) electrons. The number of rotatable bonds is 4. The topological polar surface area (TPSA) is 74.6 Å². The van der Waals surface area contributed by atoms with Crippen molar-refractivity contribution in [3.8, 4) is 0 Å². The summed E-state index contributed by atoms with van der Waals surface area (Å²) >= 11 is 5.55. The van der Waals surface area contributed by atoms with Crippen LogP contribution in [0.25, 0.3) is 0 Å². The number of halogens is 2. The van der Waals surface area contributed by atoms with Crippen LogP contribution in [-0.2, 0) is 15.0 Å². The van der Waals surface area contributed by atoms with E-state index in [9.17, 15) is 14.0 Å². The molecule has 1 rings (SSSR count). The standard InChI is InChI=1S/C11H10ClFO4/c1-11(10(16)17,5-9(14)15)7-3-2-6(12)4-8(7)13/h2-4H,5H2,1H3,(H,14,15)(H,16,17). The van der Waals surface area contributed by atoms with Gasteiger partial charge >= 0.3 is 11.9 Å². The number of hydrogen-bond acceptors (Lipinski definition) is 2. The van der Waals surface area contributed by atoms with E-state index in [4.69, 9.17) is 21.8 Å². The fourth-order valence-corrected chi connectivity index (χ4v) is 1.68. The molecule has 1 unspecified atom stereocenters. The zero-order valence-corrected chi connectivity index (χ0v) is 9.66. The molecule has 0 aliphatic carbocycles. The van der Waals surface area contributed by atoms with E-state index in [1.165, 1.54) is 12.1 Å². The molecule has 0 saturated heterocycles. The summed E-state index contributed by atoms with van der Waals surface area (Å²) in [6.07, 6.45) is -0.707. The van der Waals surface area contributed by atoms with Gasteiger partial charge in [0.05, 0.1) is 6.42 Å². The molecule has 0 amide bonds. The third-order valence-corrected chi connectivity index (χ3v) is 2.74. The number of carboxylic acid groups (broad SMARTS) is 2. The van der Waals surface area contributed by atoms with Gasteiger partial charge in [-0.3, -0.25) is 9.59 Å². The average Bonchev–Trinajstić information content (AvgIpc) is 2.15. The lowest BCUT2D eigenvalue weighted by atomic mass is 9.79. The van der Waals surface area contributed by atoms with Gasteiger partial charge in [-0.2, -0.15) is 0 Å². The Kier molecular flexibility index (Phi) is 3.72. The van der Waals surface area contributed by atoms with E-state index < -0.39 is 29.6 Å². The third-order valence-electron chi connectivity index (χ3n) is 2.50. The normalized spacial score (nSPS) is 14.1. The number of aliphatic carboxylic acids is 2. The first-order valence-electron chi connectivity index (χ1n) is 4.68. The number of benzene rings is 1. The molecular formula is C11H10ClFO4. The molecule has 0 bridgehead atoms. The molecule has 0 aliphatic heterocycles. The van der Waals surface area contributed by atoms with Crippen LogP contribution in [0.15, 0.2) is 18.2 Å². The summed E-state index contributed by atoms with van der Waals surface area (Å²) in [7, 11) is 0. The second kappa shape index (κ2) is 4.71. The van der Waals surface area contributed by atoms with Crippen LogP contribution in [0.4, 0.5) is 4.39 Å². The second-order valence-corrected chi connectivity index (χ2v) is 4.27. The molecular weight excluding hydrogens is 251 g/mol. The Labute approximate surface area is 102 Å². The molecule has 0 spiro atoms. The van der Waals surface area contributed by atoms with Crippen molar-refractivity contribution < 1.29 is 24.2 Å². The van der Waals surface area contributed by atoms with Crippen LogP contribution in [0.3, 0.4) is 0 Å². The van der Waals surface area contributed by atoms with Crippen molar-refractivity contribution in [2.75, 3.05) is 0 Å². The minimum absolute atomic E-state index is 0.120. The molecule has 1 aromatic rings. The summed E-state index contributed by atoms with van der Waals surface area (Å²) in [5, 5.41) is 17.9. The lowest BCUT2D eigenvalue weighted by molar-refractivity contribution is -0.149. The first kappa shape index (κ1) is 13.4. The molecule has 92 valence electrons. The van der Waals surface area contributed by atoms with Crippen LogP contribution >= 0.6 is 11.6 Å². The Balaban J connectivity index is 3.32. The molecule has 4 nitrogen and oxygen atoms in total. The van der Waals surface area contributed by atoms with Gasteiger partial charge in [0.25, 0.3) is 0 Å². The summed E-state index contributed by atoms with van der Waals surface area (Å²) in [5.41, 5.74) is -2.02. The highest BCUT2D eigenvalue weighted by molar-refractivity contribution is 6.30. The highest BCUT2D eigenvalue weighted by atomic mass is 35.5. The molecule has 17 heavy (non-hydrogen) atoms. The van der Waals surface area contributed by atoms with Crippen molar-refractivity contribution in [2.45, 2.75) is 18.8 Å². The van der Waals surface area contributed by atoms with Crippen molar-refractivity contribution >= 4 is 23.5 Å². The smallest absolute Gasteiger partial charge is 0.314 e. The van der Waals surface area contributed by atoms with Gasteiger partial charge in [0.15, 0.2) is 0 Å². The summed E-state index contributed by atoms with van der Waals surface area (Å²) in [5.74, 6) is -3.55. The summed E-state index contributed by atoms with van der Waals surface area (Å²) in [6.45, 7) is 1.16. The van der Waals surface area contributed by atoms with Gasteiger partial charge < -0.3 is 10.2 Å². The van der Waals surface area contributed by atoms with E-state index in [1.807, 2.05) is 0 Å². The SMILES string of the molecule is CC(CC(=O)O)(C(=O)O)c1ccc(Cl)cc1F. The summed E-state index contributed by atoms with van der Waals surface area (Å²) < 4.78 is 13.6. The number of hydrogen-bond donors (Lipinski definition) is 2. The minimum atomic E-state index is -1.82. The lowest BCUT2D eigenvalue weighted by Crippen LogP contribution is -2.35. The fraction of sp³-hybridized carbons (Fsp3) is 0.273. The predicted octanol–water partition coefficient (Wildman–Crippen LogP) is 2.30. The maximum Gasteiger partial charge on any atom is 0.314 e. The van der Waals surface area contributed by atoms with E-state index >= 15 is 0 Å². The van der Waals surface area contributed by atoms with E-state index in [0.29, 0.717) is 0 Å². The fourth-order valence-electron chi connectivity index (χ4n) is 1.53. The highest BCUT2D eigenvalue weighted by Gasteiger charge is 2.39. The zero-order valence-electron chi connectivity index (χ0n) is 8.91. The summed E-state index contributed by atoms with van der Waals surface area (Å²) in [4.78, 5) is 21.8. The Hall–Kier alpha value is -1.62. The molecule has 6 heteroatoms. The van der Waals surface area contributed by atoms with Crippen LogP contribution in [0.2, 0.25) is 5.02 Å². The van der Waals surface area contributed by atoms with Crippen LogP contribution < -0.4 is 0 Å². The maximum absolute atomic E-state index is 13.6. The van der Waals surface area contributed by atoms with Crippen molar-refractivity contribution in [3.63, 3.8) is 0 Å². The lowest BCUT2D eigenvalue weighted by Gasteiger charge is -2.23. The van der Waals surface area contributed by atoms with Crippen LogP contribution in [0, 0.1) is 5.82 Å². The zero-order chi connectivity index (χ0) is 13.2. The Morgan fingerprint density at radius 1 is 1.41 bits per heavy atom. The van der Waals surface area contributed by atoms with Gasteiger partial charge in [-0.1, -0.05) is 17.7 Å². The molecule has 0 aromatic heterocycles. The number of carbonyl (C=O) groups is 2. The Morgan fingerprint density at radius 2 is 2.00 bits per heavy atom. The molecule has 1 atom stereocenters. The van der Waals surface area contributed by atoms with Crippen molar-refractivity contribution in [3.05, 3.63) is 34.6 Å². The first-order valence-corrected chi connectivity index (χ1v) is 5.06. The van der Waals surface area contributed by atoms with Gasteiger partial charge in [-0.15, -0.1) is 0 Å². The Bertz CT molecular complexity index is 475. The van der Waals surface area contributed by atoms with Crippen molar-refractivity contribution in [2.24, 2.45) is 0 Å². The van der Waals surface area contributed by atoms with Crippen LogP contribution in [0.1, 0.15) is 18.9 Å². The molecule has 0 saturated carbocycles. The monoisotopic (exact) mass is 260 g/mol. The molecule has 0 aliphatic rings. The van der Waals surface area contributed by atoms with Gasteiger partial charge in [0.1, 0.15) is 11.2 Å². The molecule has 0 fully saturated rings. The minimum Gasteiger partial charge on any atom is -0.481 e. The van der Waals surface area contributed by atoms with E-state index in [0.717, 1.165) is 13.0 Å².